The van der Waals surface area contributed by atoms with Gasteiger partial charge in [-0.1, -0.05) is 29.8 Å². The van der Waals surface area contributed by atoms with Gasteiger partial charge in [0.25, 0.3) is 0 Å². The van der Waals surface area contributed by atoms with Crippen molar-refractivity contribution in [2.75, 3.05) is 7.11 Å². The van der Waals surface area contributed by atoms with E-state index in [0.717, 1.165) is 29.0 Å². The first-order chi connectivity index (χ1) is 12.0. The highest BCUT2D eigenvalue weighted by Crippen LogP contribution is 2.45. The number of halogens is 1. The Morgan fingerprint density at radius 3 is 2.96 bits per heavy atom. The standard InChI is InChI=1S/C19H19ClN2O2S/c1-19-10-15(14-9-13(20)7-8-17(14)24-19)21-18(25)22(19)11-12-5-3-4-6-16(12)23-2/h3-9,15H,10-11H2,1-2H3,(H,21,25). The van der Waals surface area contributed by atoms with Gasteiger partial charge in [-0.2, -0.15) is 0 Å². The third kappa shape index (κ3) is 2.81. The smallest absolute Gasteiger partial charge is 0.184 e. The summed E-state index contributed by atoms with van der Waals surface area (Å²) >= 11 is 11.8. The van der Waals surface area contributed by atoms with E-state index >= 15 is 0 Å². The second kappa shape index (κ2) is 6.07. The van der Waals surface area contributed by atoms with Crippen LogP contribution in [0.15, 0.2) is 42.5 Å². The van der Waals surface area contributed by atoms with Crippen LogP contribution in [0.2, 0.25) is 5.02 Å². The fourth-order valence-electron chi connectivity index (χ4n) is 3.63. The van der Waals surface area contributed by atoms with Crippen LogP contribution in [-0.2, 0) is 6.54 Å². The number of hydrogen-bond acceptors (Lipinski definition) is 3. The average Bonchev–Trinajstić information content (AvgIpc) is 2.59. The Morgan fingerprint density at radius 2 is 2.16 bits per heavy atom. The molecule has 2 aromatic rings. The first kappa shape index (κ1) is 16.5. The number of para-hydroxylation sites is 1. The molecule has 2 atom stereocenters. The lowest BCUT2D eigenvalue weighted by molar-refractivity contribution is -0.0723. The molecule has 0 aliphatic carbocycles. The van der Waals surface area contributed by atoms with E-state index in [9.17, 15) is 0 Å². The van der Waals surface area contributed by atoms with Gasteiger partial charge in [0.15, 0.2) is 10.8 Å². The number of fused-ring (bicyclic) bond motifs is 4. The van der Waals surface area contributed by atoms with Crippen molar-refractivity contribution in [3.05, 3.63) is 58.6 Å². The fourth-order valence-corrected chi connectivity index (χ4v) is 4.21. The lowest BCUT2D eigenvalue weighted by Crippen LogP contribution is -2.64. The molecule has 130 valence electrons. The molecule has 2 aliphatic heterocycles. The first-order valence-corrected chi connectivity index (χ1v) is 8.97. The van der Waals surface area contributed by atoms with Crippen LogP contribution in [0.5, 0.6) is 11.5 Å². The number of hydrogen-bond donors (Lipinski definition) is 1. The first-order valence-electron chi connectivity index (χ1n) is 8.19. The SMILES string of the molecule is COc1ccccc1CN1C(=S)NC2CC1(C)Oc1ccc(Cl)cc12. The second-order valence-corrected chi connectivity index (χ2v) is 7.39. The molecule has 4 nitrogen and oxygen atoms in total. The summed E-state index contributed by atoms with van der Waals surface area (Å²) in [6.07, 6.45) is 0.787. The molecule has 0 saturated carbocycles. The summed E-state index contributed by atoms with van der Waals surface area (Å²) in [6.45, 7) is 2.70. The van der Waals surface area contributed by atoms with E-state index < -0.39 is 5.72 Å². The van der Waals surface area contributed by atoms with Crippen molar-refractivity contribution >= 4 is 28.9 Å². The van der Waals surface area contributed by atoms with Crippen LogP contribution in [0.25, 0.3) is 0 Å². The molecule has 2 bridgehead atoms. The van der Waals surface area contributed by atoms with Crippen molar-refractivity contribution in [2.24, 2.45) is 0 Å². The van der Waals surface area contributed by atoms with Crippen molar-refractivity contribution in [2.45, 2.75) is 31.7 Å². The topological polar surface area (TPSA) is 33.7 Å². The zero-order valence-corrected chi connectivity index (χ0v) is 15.7. The Balaban J connectivity index is 1.69. The van der Waals surface area contributed by atoms with E-state index in [2.05, 4.69) is 17.1 Å². The molecule has 0 aromatic heterocycles. The van der Waals surface area contributed by atoms with E-state index in [0.29, 0.717) is 16.7 Å². The lowest BCUT2D eigenvalue weighted by atomic mass is 9.90. The number of rotatable bonds is 3. The Labute approximate surface area is 157 Å². The average molecular weight is 375 g/mol. The lowest BCUT2D eigenvalue weighted by Gasteiger charge is -2.52. The van der Waals surface area contributed by atoms with Crippen molar-refractivity contribution in [1.82, 2.24) is 10.2 Å². The highest BCUT2D eigenvalue weighted by molar-refractivity contribution is 7.80. The highest BCUT2D eigenvalue weighted by Gasteiger charge is 2.47. The zero-order chi connectivity index (χ0) is 17.6. The van der Waals surface area contributed by atoms with E-state index in [4.69, 9.17) is 33.3 Å². The van der Waals surface area contributed by atoms with Crippen LogP contribution in [0, 0.1) is 0 Å². The number of nitrogens with zero attached hydrogens (tertiary/aromatic N) is 1. The predicted octanol–water partition coefficient (Wildman–Crippen LogP) is 4.28. The third-order valence-electron chi connectivity index (χ3n) is 4.89. The quantitative estimate of drug-likeness (QED) is 0.811. The molecule has 0 amide bonds. The summed E-state index contributed by atoms with van der Waals surface area (Å²) in [5.41, 5.74) is 1.61. The Morgan fingerprint density at radius 1 is 1.36 bits per heavy atom. The fraction of sp³-hybridized carbons (Fsp3) is 0.316. The van der Waals surface area contributed by atoms with Gasteiger partial charge in [-0.3, -0.25) is 0 Å². The van der Waals surface area contributed by atoms with Crippen LogP contribution in [0.4, 0.5) is 0 Å². The van der Waals surface area contributed by atoms with Crippen molar-refractivity contribution in [3.63, 3.8) is 0 Å². The summed E-state index contributed by atoms with van der Waals surface area (Å²) in [4.78, 5) is 2.09. The monoisotopic (exact) mass is 374 g/mol. The van der Waals surface area contributed by atoms with Crippen LogP contribution >= 0.6 is 23.8 Å². The molecule has 1 saturated heterocycles. The Kier molecular flexibility index (Phi) is 4.01. The van der Waals surface area contributed by atoms with Gasteiger partial charge in [-0.15, -0.1) is 0 Å². The largest absolute Gasteiger partial charge is 0.496 e. The van der Waals surface area contributed by atoms with E-state index in [1.54, 1.807) is 7.11 Å². The maximum Gasteiger partial charge on any atom is 0.184 e. The molecule has 25 heavy (non-hydrogen) atoms. The van der Waals surface area contributed by atoms with Gasteiger partial charge in [-0.05, 0) is 43.4 Å². The van der Waals surface area contributed by atoms with Gasteiger partial charge in [0.2, 0.25) is 0 Å². The second-order valence-electron chi connectivity index (χ2n) is 6.56. The van der Waals surface area contributed by atoms with Gasteiger partial charge in [-0.25, -0.2) is 0 Å². The zero-order valence-electron chi connectivity index (χ0n) is 14.1. The molecule has 6 heteroatoms. The van der Waals surface area contributed by atoms with E-state index in [1.165, 1.54) is 0 Å². The molecule has 2 heterocycles. The normalized spacial score (nSPS) is 24.2. The van der Waals surface area contributed by atoms with Gasteiger partial charge in [0, 0.05) is 22.6 Å². The number of nitrogens with one attached hydrogen (secondary N) is 1. The predicted molar refractivity (Wildman–Crippen MR) is 102 cm³/mol. The molecule has 0 spiro atoms. The highest BCUT2D eigenvalue weighted by atomic mass is 35.5. The molecular formula is C19H19ClN2O2S. The summed E-state index contributed by atoms with van der Waals surface area (Å²) in [5, 5.41) is 4.82. The Hall–Kier alpha value is -1.98. The minimum atomic E-state index is -0.519. The van der Waals surface area contributed by atoms with Gasteiger partial charge >= 0.3 is 0 Å². The van der Waals surface area contributed by atoms with Crippen molar-refractivity contribution in [1.29, 1.82) is 0 Å². The molecule has 2 unspecified atom stereocenters. The van der Waals surface area contributed by atoms with Gasteiger partial charge < -0.3 is 19.7 Å². The third-order valence-corrected chi connectivity index (χ3v) is 5.47. The summed E-state index contributed by atoms with van der Waals surface area (Å²) in [7, 11) is 1.68. The molecule has 2 aliphatic rings. The summed E-state index contributed by atoms with van der Waals surface area (Å²) < 4.78 is 11.9. The van der Waals surface area contributed by atoms with Crippen LogP contribution in [-0.4, -0.2) is 22.8 Å². The summed E-state index contributed by atoms with van der Waals surface area (Å²) in [6, 6.07) is 13.8. The van der Waals surface area contributed by atoms with Crippen LogP contribution in [0.3, 0.4) is 0 Å². The van der Waals surface area contributed by atoms with Crippen molar-refractivity contribution in [3.8, 4) is 11.5 Å². The van der Waals surface area contributed by atoms with E-state index in [-0.39, 0.29) is 6.04 Å². The number of ether oxygens (including phenoxy) is 2. The maximum atomic E-state index is 6.37. The van der Waals surface area contributed by atoms with Gasteiger partial charge in [0.1, 0.15) is 11.5 Å². The van der Waals surface area contributed by atoms with E-state index in [1.807, 2.05) is 42.5 Å². The van der Waals surface area contributed by atoms with Gasteiger partial charge in [0.05, 0.1) is 19.7 Å². The molecule has 1 fully saturated rings. The molecule has 2 aromatic carbocycles. The number of methoxy groups -OCH3 is 1. The molecular weight excluding hydrogens is 356 g/mol. The molecule has 4 rings (SSSR count). The molecule has 0 radical (unpaired) electrons. The maximum absolute atomic E-state index is 6.37. The summed E-state index contributed by atoms with van der Waals surface area (Å²) in [5.74, 6) is 1.70. The number of benzene rings is 2. The minimum absolute atomic E-state index is 0.105. The Bertz CT molecular complexity index is 844. The molecule has 1 N–H and O–H groups in total. The van der Waals surface area contributed by atoms with Crippen molar-refractivity contribution < 1.29 is 9.47 Å². The van der Waals surface area contributed by atoms with Crippen LogP contribution < -0.4 is 14.8 Å². The minimum Gasteiger partial charge on any atom is -0.496 e. The van der Waals surface area contributed by atoms with Crippen LogP contribution in [0.1, 0.15) is 30.5 Å². The number of thiocarbonyl (C=S) groups is 1.